The van der Waals surface area contributed by atoms with Gasteiger partial charge in [0, 0.05) is 6.16 Å². The number of alkyl halides is 3. The van der Waals surface area contributed by atoms with E-state index in [1.54, 1.807) is 6.92 Å². The highest BCUT2D eigenvalue weighted by molar-refractivity contribution is 8.09. The van der Waals surface area contributed by atoms with Gasteiger partial charge in [0.1, 0.15) is 6.61 Å². The minimum Gasteiger partial charge on any atom is -0.329 e. The molecule has 0 aliphatic rings. The Morgan fingerprint density at radius 2 is 1.80 bits per heavy atom. The summed E-state index contributed by atoms with van der Waals surface area (Å²) in [6.45, 7) is -0.00256. The predicted octanol–water partition coefficient (Wildman–Crippen LogP) is 3.71. The lowest BCUT2D eigenvalue weighted by Gasteiger charge is -2.21. The molecule has 0 N–H and O–H groups in total. The molecule has 0 aliphatic carbocycles. The van der Waals surface area contributed by atoms with Crippen molar-refractivity contribution >= 4 is 18.3 Å². The van der Waals surface area contributed by atoms with Crippen molar-refractivity contribution in [3.8, 4) is 0 Å². The van der Waals surface area contributed by atoms with Gasteiger partial charge in [0.15, 0.2) is 6.49 Å². The van der Waals surface area contributed by atoms with Crippen LogP contribution in [0.2, 0.25) is 0 Å². The quantitative estimate of drug-likeness (QED) is 0.516. The Kier molecular flexibility index (Phi) is 7.00. The molecule has 92 valence electrons. The summed E-state index contributed by atoms with van der Waals surface area (Å²) in [7, 11) is 0. The van der Waals surface area contributed by atoms with Gasteiger partial charge in [0.25, 0.3) is 0 Å². The molecule has 0 bridgehead atoms. The van der Waals surface area contributed by atoms with Crippen LogP contribution in [0.1, 0.15) is 26.7 Å². The van der Waals surface area contributed by atoms with Gasteiger partial charge in [0.05, 0.1) is 6.61 Å². The molecule has 0 spiro atoms. The third-order valence-corrected chi connectivity index (χ3v) is 4.88. The van der Waals surface area contributed by atoms with Crippen LogP contribution >= 0.6 is 6.49 Å². The van der Waals surface area contributed by atoms with Crippen molar-refractivity contribution in [1.29, 1.82) is 0 Å². The van der Waals surface area contributed by atoms with Crippen LogP contribution in [-0.2, 0) is 20.9 Å². The van der Waals surface area contributed by atoms with E-state index in [1.165, 1.54) is 0 Å². The first-order valence-electron chi connectivity index (χ1n) is 4.78. The van der Waals surface area contributed by atoms with Crippen LogP contribution in [0.4, 0.5) is 13.2 Å². The molecule has 0 saturated carbocycles. The van der Waals surface area contributed by atoms with Crippen molar-refractivity contribution in [1.82, 2.24) is 0 Å². The average molecular weight is 264 g/mol. The van der Waals surface area contributed by atoms with Gasteiger partial charge in [-0.15, -0.1) is 0 Å². The standard InChI is InChI=1S/C8H16F3O2PS/c1-3-5-6-12-14(15,4-2)13-7-8(9,10)11/h3-7H2,1-2H3. The van der Waals surface area contributed by atoms with E-state index in [0.717, 1.165) is 12.8 Å². The minimum absolute atomic E-state index is 0.322. The maximum absolute atomic E-state index is 11.9. The molecule has 0 aromatic rings. The molecule has 15 heavy (non-hydrogen) atoms. The van der Waals surface area contributed by atoms with Crippen molar-refractivity contribution in [2.24, 2.45) is 0 Å². The summed E-state index contributed by atoms with van der Waals surface area (Å²) >= 11 is 4.95. The number of unbranched alkanes of at least 4 members (excludes halogenated alkanes) is 1. The monoisotopic (exact) mass is 264 g/mol. The zero-order chi connectivity index (χ0) is 11.9. The topological polar surface area (TPSA) is 18.5 Å². The fourth-order valence-electron chi connectivity index (χ4n) is 0.739. The maximum atomic E-state index is 11.9. The number of hydrogen-bond donors (Lipinski definition) is 0. The molecule has 7 heteroatoms. The highest BCUT2D eigenvalue weighted by Crippen LogP contribution is 2.49. The van der Waals surface area contributed by atoms with Crippen molar-refractivity contribution in [3.63, 3.8) is 0 Å². The first kappa shape index (κ1) is 15.4. The zero-order valence-corrected chi connectivity index (χ0v) is 10.6. The minimum atomic E-state index is -4.34. The molecule has 0 heterocycles. The highest BCUT2D eigenvalue weighted by atomic mass is 32.5. The smallest absolute Gasteiger partial charge is 0.329 e. The van der Waals surface area contributed by atoms with Crippen LogP contribution in [0, 0.1) is 0 Å². The van der Waals surface area contributed by atoms with E-state index in [0.29, 0.717) is 12.8 Å². The molecule has 1 unspecified atom stereocenters. The Balaban J connectivity index is 4.02. The molecule has 0 aromatic heterocycles. The molecule has 0 aromatic carbocycles. The van der Waals surface area contributed by atoms with Gasteiger partial charge in [-0.2, -0.15) is 13.2 Å². The van der Waals surface area contributed by atoms with E-state index in [4.69, 9.17) is 16.3 Å². The normalized spacial score (nSPS) is 16.3. The summed E-state index contributed by atoms with van der Waals surface area (Å²) in [5.41, 5.74) is 0. The molecule has 0 amide bonds. The van der Waals surface area contributed by atoms with Gasteiger partial charge in [0.2, 0.25) is 0 Å². The third-order valence-electron chi connectivity index (χ3n) is 1.60. The van der Waals surface area contributed by atoms with E-state index < -0.39 is 19.3 Å². The van der Waals surface area contributed by atoms with Crippen LogP contribution in [-0.4, -0.2) is 25.6 Å². The Bertz CT molecular complexity index is 220. The predicted molar refractivity (Wildman–Crippen MR) is 57.7 cm³/mol. The third kappa shape index (κ3) is 8.20. The van der Waals surface area contributed by atoms with E-state index in [-0.39, 0.29) is 0 Å². The van der Waals surface area contributed by atoms with Gasteiger partial charge in [-0.25, -0.2) is 0 Å². The van der Waals surface area contributed by atoms with Gasteiger partial charge >= 0.3 is 6.18 Å². The molecule has 0 radical (unpaired) electrons. The van der Waals surface area contributed by atoms with E-state index in [2.05, 4.69) is 4.52 Å². The molecule has 1 atom stereocenters. The second kappa shape index (κ2) is 6.84. The summed E-state index contributed by atoms with van der Waals surface area (Å²) in [5.74, 6) is 0. The Morgan fingerprint density at radius 3 is 2.20 bits per heavy atom. The number of rotatable bonds is 7. The van der Waals surface area contributed by atoms with Crippen LogP contribution in [0.5, 0.6) is 0 Å². The van der Waals surface area contributed by atoms with Gasteiger partial charge in [-0.3, -0.25) is 0 Å². The molecule has 0 fully saturated rings. The highest BCUT2D eigenvalue weighted by Gasteiger charge is 2.31. The van der Waals surface area contributed by atoms with E-state index in [1.807, 2.05) is 6.92 Å². The lowest BCUT2D eigenvalue weighted by Crippen LogP contribution is -2.17. The van der Waals surface area contributed by atoms with Crippen molar-refractivity contribution < 1.29 is 22.2 Å². The maximum Gasteiger partial charge on any atom is 0.412 e. The van der Waals surface area contributed by atoms with Crippen LogP contribution in [0.15, 0.2) is 0 Å². The number of halogens is 3. The van der Waals surface area contributed by atoms with Crippen molar-refractivity contribution in [3.05, 3.63) is 0 Å². The molecule has 0 rings (SSSR count). The summed E-state index contributed by atoms with van der Waals surface area (Å²) in [6.07, 6.45) is -2.32. The van der Waals surface area contributed by atoms with Crippen LogP contribution < -0.4 is 0 Å². The van der Waals surface area contributed by atoms with Gasteiger partial charge in [-0.1, -0.05) is 20.3 Å². The van der Waals surface area contributed by atoms with Gasteiger partial charge < -0.3 is 9.05 Å². The fraction of sp³-hybridized carbons (Fsp3) is 1.00. The first-order chi connectivity index (χ1) is 6.83. The molecule has 2 nitrogen and oxygen atoms in total. The van der Waals surface area contributed by atoms with Crippen molar-refractivity contribution in [2.45, 2.75) is 32.9 Å². The second-order valence-corrected chi connectivity index (χ2v) is 7.04. The van der Waals surface area contributed by atoms with Crippen molar-refractivity contribution in [2.75, 3.05) is 19.4 Å². The molecule has 0 saturated heterocycles. The summed E-state index contributed by atoms with van der Waals surface area (Å²) in [6, 6.07) is 0. The molecule has 0 aliphatic heterocycles. The SMILES string of the molecule is CCCCOP(=S)(CC)OCC(F)(F)F. The number of hydrogen-bond acceptors (Lipinski definition) is 3. The zero-order valence-electron chi connectivity index (χ0n) is 8.84. The lowest BCUT2D eigenvalue weighted by molar-refractivity contribution is -0.153. The Labute approximate surface area is 93.3 Å². The average Bonchev–Trinajstić information content (AvgIpc) is 2.14. The van der Waals surface area contributed by atoms with Crippen LogP contribution in [0.3, 0.4) is 0 Å². The summed E-state index contributed by atoms with van der Waals surface area (Å²) in [5, 5.41) is 0. The van der Waals surface area contributed by atoms with E-state index >= 15 is 0 Å². The second-order valence-electron chi connectivity index (χ2n) is 3.00. The Morgan fingerprint density at radius 1 is 1.20 bits per heavy atom. The largest absolute Gasteiger partial charge is 0.412 e. The van der Waals surface area contributed by atoms with Gasteiger partial charge in [-0.05, 0) is 18.2 Å². The van der Waals surface area contributed by atoms with Crippen LogP contribution in [0.25, 0.3) is 0 Å². The molecular formula is C8H16F3O2PS. The lowest BCUT2D eigenvalue weighted by atomic mass is 10.4. The fourth-order valence-corrected chi connectivity index (χ4v) is 2.31. The summed E-state index contributed by atoms with van der Waals surface area (Å²) in [4.78, 5) is 0. The molecular weight excluding hydrogens is 248 g/mol. The Hall–Kier alpha value is 0.360. The summed E-state index contributed by atoms with van der Waals surface area (Å²) < 4.78 is 45.6. The van der Waals surface area contributed by atoms with E-state index in [9.17, 15) is 13.2 Å². The first-order valence-corrected chi connectivity index (χ1v) is 7.60.